The van der Waals surface area contributed by atoms with E-state index in [9.17, 15) is 0 Å². The average molecular weight is 818 g/mol. The largest absolute Gasteiger partial charge is 0.456 e. The van der Waals surface area contributed by atoms with Gasteiger partial charge in [0.15, 0.2) is 0 Å². The molecule has 0 saturated heterocycles. The van der Waals surface area contributed by atoms with Crippen LogP contribution in [0.3, 0.4) is 0 Å². The Balaban J connectivity index is 1.10. The standard InChI is InChI=1S/C62H43NO/c1-3-18-43(19-4-1)51-24-11-13-30-58(51)62(41-16-15-29-57(62)46-20-5-2-6-21-46)63(48-37-33-44(34-38-48)52-28-17-32-60-61(52)55-27-12-14-31-59(55)64-60)49-39-35-45(36-40-49)56-42-47-22-7-8-23-50(47)53-25-9-10-26-54(53)56/h1-40,42H,41H2. The minimum atomic E-state index is -0.665. The Bertz CT molecular complexity index is 3560. The van der Waals surface area contributed by atoms with Crippen molar-refractivity contribution in [2.24, 2.45) is 0 Å². The maximum absolute atomic E-state index is 6.34. The lowest BCUT2D eigenvalue weighted by Gasteiger charge is -2.49. The number of para-hydroxylation sites is 1. The zero-order valence-corrected chi connectivity index (χ0v) is 35.2. The first-order valence-corrected chi connectivity index (χ1v) is 22.1. The second kappa shape index (κ2) is 15.6. The van der Waals surface area contributed by atoms with E-state index in [2.05, 4.69) is 248 Å². The number of fused-ring (bicyclic) bond motifs is 6. The van der Waals surface area contributed by atoms with Gasteiger partial charge in [0.1, 0.15) is 16.7 Å². The van der Waals surface area contributed by atoms with E-state index in [4.69, 9.17) is 4.42 Å². The van der Waals surface area contributed by atoms with Crippen LogP contribution in [0.25, 0.3) is 82.4 Å². The maximum Gasteiger partial charge on any atom is 0.136 e. The Hall–Kier alpha value is -8.20. The molecule has 1 unspecified atom stereocenters. The number of benzene rings is 10. The summed E-state index contributed by atoms with van der Waals surface area (Å²) in [5.74, 6) is 0. The van der Waals surface area contributed by atoms with E-state index >= 15 is 0 Å². The molecule has 1 aliphatic rings. The molecule has 0 amide bonds. The number of nitrogens with zero attached hydrogens (tertiary/aromatic N) is 1. The van der Waals surface area contributed by atoms with Gasteiger partial charge >= 0.3 is 0 Å². The fraction of sp³-hybridized carbons (Fsp3) is 0.0323. The summed E-state index contributed by atoms with van der Waals surface area (Å²) in [7, 11) is 0. The van der Waals surface area contributed by atoms with E-state index in [1.807, 2.05) is 6.07 Å². The van der Waals surface area contributed by atoms with E-state index in [-0.39, 0.29) is 0 Å². The summed E-state index contributed by atoms with van der Waals surface area (Å²) in [5.41, 5.74) is 14.1. The van der Waals surface area contributed by atoms with E-state index in [0.29, 0.717) is 0 Å². The lowest BCUT2D eigenvalue weighted by atomic mass is 9.70. The van der Waals surface area contributed by atoms with Crippen molar-refractivity contribution in [1.82, 2.24) is 0 Å². The summed E-state index contributed by atoms with van der Waals surface area (Å²) in [6.07, 6.45) is 7.66. The van der Waals surface area contributed by atoms with Crippen LogP contribution < -0.4 is 4.90 Å². The van der Waals surface area contributed by atoms with Crippen LogP contribution in [0.4, 0.5) is 11.4 Å². The normalized spacial score (nSPS) is 14.9. The van der Waals surface area contributed by atoms with Crippen LogP contribution >= 0.6 is 0 Å². The Morgan fingerprint density at radius 1 is 0.391 bits per heavy atom. The lowest BCUT2D eigenvalue weighted by molar-refractivity contribution is 0.568. The van der Waals surface area contributed by atoms with Crippen LogP contribution in [0.1, 0.15) is 17.5 Å². The third kappa shape index (κ3) is 6.18. The molecule has 1 atom stereocenters. The monoisotopic (exact) mass is 817 g/mol. The first kappa shape index (κ1) is 37.6. The summed E-state index contributed by atoms with van der Waals surface area (Å²) in [6, 6.07) is 83.9. The smallest absolute Gasteiger partial charge is 0.136 e. The molecule has 0 spiro atoms. The molecule has 0 radical (unpaired) electrons. The first-order chi connectivity index (χ1) is 31.7. The van der Waals surface area contributed by atoms with Gasteiger partial charge in [-0.1, -0.05) is 206 Å². The lowest BCUT2D eigenvalue weighted by Crippen LogP contribution is -2.45. The Morgan fingerprint density at radius 2 is 0.938 bits per heavy atom. The summed E-state index contributed by atoms with van der Waals surface area (Å²) in [6.45, 7) is 0. The number of anilines is 2. The first-order valence-electron chi connectivity index (χ1n) is 22.1. The Morgan fingerprint density at radius 3 is 1.69 bits per heavy atom. The Kier molecular flexibility index (Phi) is 9.16. The second-order valence-corrected chi connectivity index (χ2v) is 16.7. The predicted molar refractivity (Wildman–Crippen MR) is 270 cm³/mol. The number of hydrogen-bond donors (Lipinski definition) is 0. The molecule has 12 rings (SSSR count). The summed E-state index contributed by atoms with van der Waals surface area (Å²) < 4.78 is 6.34. The minimum absolute atomic E-state index is 0.665. The van der Waals surface area contributed by atoms with Crippen molar-refractivity contribution in [1.29, 1.82) is 0 Å². The predicted octanol–water partition coefficient (Wildman–Crippen LogP) is 17.0. The average Bonchev–Trinajstić information content (AvgIpc) is 3.76. The highest BCUT2D eigenvalue weighted by Gasteiger charge is 2.45. The van der Waals surface area contributed by atoms with Crippen molar-refractivity contribution in [2.45, 2.75) is 12.0 Å². The van der Waals surface area contributed by atoms with Crippen LogP contribution in [-0.2, 0) is 5.54 Å². The van der Waals surface area contributed by atoms with Gasteiger partial charge in [-0.15, -0.1) is 0 Å². The molecule has 2 nitrogen and oxygen atoms in total. The van der Waals surface area contributed by atoms with Crippen molar-refractivity contribution in [2.75, 3.05) is 4.90 Å². The molecule has 0 saturated carbocycles. The molecule has 0 N–H and O–H groups in total. The zero-order valence-electron chi connectivity index (χ0n) is 35.2. The molecule has 64 heavy (non-hydrogen) atoms. The van der Waals surface area contributed by atoms with Crippen molar-refractivity contribution in [3.63, 3.8) is 0 Å². The molecule has 0 fully saturated rings. The van der Waals surface area contributed by atoms with Crippen LogP contribution in [0, 0.1) is 0 Å². The summed E-state index contributed by atoms with van der Waals surface area (Å²) in [4.78, 5) is 2.61. The van der Waals surface area contributed by atoms with Crippen LogP contribution in [0.2, 0.25) is 0 Å². The summed E-state index contributed by atoms with van der Waals surface area (Å²) in [5, 5.41) is 7.30. The number of hydrogen-bond acceptors (Lipinski definition) is 2. The third-order valence-corrected chi connectivity index (χ3v) is 13.2. The van der Waals surface area contributed by atoms with Crippen molar-refractivity contribution >= 4 is 60.4 Å². The molecule has 0 aliphatic heterocycles. The molecule has 1 aliphatic carbocycles. The van der Waals surface area contributed by atoms with Gasteiger partial charge in [-0.2, -0.15) is 0 Å². The van der Waals surface area contributed by atoms with E-state index in [0.717, 1.165) is 50.9 Å². The molecule has 302 valence electrons. The van der Waals surface area contributed by atoms with Gasteiger partial charge in [-0.3, -0.25) is 0 Å². The van der Waals surface area contributed by atoms with Gasteiger partial charge in [-0.05, 0) is 121 Å². The maximum atomic E-state index is 6.34. The number of allylic oxidation sites excluding steroid dienone is 2. The molecule has 11 aromatic rings. The minimum Gasteiger partial charge on any atom is -0.456 e. The zero-order chi connectivity index (χ0) is 42.5. The van der Waals surface area contributed by atoms with Gasteiger partial charge in [0.2, 0.25) is 0 Å². The van der Waals surface area contributed by atoms with Crippen molar-refractivity contribution in [3.05, 3.63) is 260 Å². The fourth-order valence-electron chi connectivity index (χ4n) is 10.4. The highest BCUT2D eigenvalue weighted by molar-refractivity contribution is 6.14. The van der Waals surface area contributed by atoms with Gasteiger partial charge in [0.25, 0.3) is 0 Å². The molecule has 0 bridgehead atoms. The highest BCUT2D eigenvalue weighted by Crippen LogP contribution is 2.54. The Labute approximate surface area is 373 Å². The van der Waals surface area contributed by atoms with E-state index in [1.54, 1.807) is 0 Å². The molecule has 2 heteroatoms. The highest BCUT2D eigenvalue weighted by atomic mass is 16.3. The molecule has 10 aromatic carbocycles. The number of rotatable bonds is 8. The van der Waals surface area contributed by atoms with Gasteiger partial charge in [0, 0.05) is 22.1 Å². The quantitative estimate of drug-likeness (QED) is 0.142. The van der Waals surface area contributed by atoms with E-state index < -0.39 is 5.54 Å². The molecular formula is C62H43NO. The van der Waals surface area contributed by atoms with Crippen LogP contribution in [0.15, 0.2) is 253 Å². The van der Waals surface area contributed by atoms with Gasteiger partial charge < -0.3 is 9.32 Å². The molecular weight excluding hydrogens is 775 g/mol. The van der Waals surface area contributed by atoms with Gasteiger partial charge in [-0.25, -0.2) is 0 Å². The van der Waals surface area contributed by atoms with E-state index in [1.165, 1.54) is 60.5 Å². The molecule has 1 aromatic heterocycles. The van der Waals surface area contributed by atoms with Crippen LogP contribution in [0.5, 0.6) is 0 Å². The SMILES string of the molecule is C1=CCC(c2ccccc2-c2ccccc2)(N(c2ccc(-c3cc4ccccc4c4ccccc34)cc2)c2ccc(-c3cccc4oc5ccccc5c34)cc2)C(c2ccccc2)=C1. The topological polar surface area (TPSA) is 16.4 Å². The fourth-order valence-corrected chi connectivity index (χ4v) is 10.4. The molecule has 1 heterocycles. The number of furan rings is 1. The van der Waals surface area contributed by atoms with Crippen LogP contribution in [-0.4, -0.2) is 0 Å². The third-order valence-electron chi connectivity index (χ3n) is 13.2. The second-order valence-electron chi connectivity index (χ2n) is 16.7. The van der Waals surface area contributed by atoms with Crippen molar-refractivity contribution < 1.29 is 4.42 Å². The van der Waals surface area contributed by atoms with Crippen molar-refractivity contribution in [3.8, 4) is 33.4 Å². The van der Waals surface area contributed by atoms with Gasteiger partial charge in [0.05, 0.1) is 0 Å². The summed E-state index contributed by atoms with van der Waals surface area (Å²) >= 11 is 0.